The van der Waals surface area contributed by atoms with Crippen molar-refractivity contribution in [1.82, 2.24) is 4.90 Å². The molecule has 0 aliphatic heterocycles. The van der Waals surface area contributed by atoms with Gasteiger partial charge < -0.3 is 15.0 Å². The fraction of sp³-hybridized carbons (Fsp3) is 0.333. The molecule has 0 fully saturated rings. The summed E-state index contributed by atoms with van der Waals surface area (Å²) in [6.45, 7) is 4.66. The number of carbonyl (C=O) groups excluding carboxylic acids is 2. The molecule has 0 saturated carbocycles. The molecule has 27 heavy (non-hydrogen) atoms. The van der Waals surface area contributed by atoms with E-state index in [1.807, 2.05) is 6.92 Å². The standard InChI is InChI=1S/C21H25ClN2O3/c1-5-6-11-24(3)21(26)16-9-7-15(8-10-16)20(25)23-18-12-14(2)17(22)13-19(18)27-4/h7-10,12-13H,5-6,11H2,1-4H3,(H,23,25). The molecule has 0 bridgehead atoms. The number of nitrogens with zero attached hydrogens (tertiary/aromatic N) is 1. The van der Waals surface area contributed by atoms with Crippen LogP contribution in [0.4, 0.5) is 5.69 Å². The normalized spacial score (nSPS) is 10.4. The molecule has 0 heterocycles. The van der Waals surface area contributed by atoms with Crippen LogP contribution in [0.3, 0.4) is 0 Å². The first-order chi connectivity index (χ1) is 12.9. The van der Waals surface area contributed by atoms with Gasteiger partial charge in [-0.1, -0.05) is 24.9 Å². The van der Waals surface area contributed by atoms with Gasteiger partial charge in [-0.05, 0) is 49.2 Å². The maximum Gasteiger partial charge on any atom is 0.255 e. The molecule has 2 aromatic rings. The molecule has 2 rings (SSSR count). The third kappa shape index (κ3) is 5.23. The highest BCUT2D eigenvalue weighted by molar-refractivity contribution is 6.31. The van der Waals surface area contributed by atoms with Crippen molar-refractivity contribution in [3.8, 4) is 5.75 Å². The molecular formula is C21H25ClN2O3. The van der Waals surface area contributed by atoms with Crippen molar-refractivity contribution < 1.29 is 14.3 Å². The van der Waals surface area contributed by atoms with Crippen molar-refractivity contribution in [2.24, 2.45) is 0 Å². The predicted molar refractivity (Wildman–Crippen MR) is 109 cm³/mol. The van der Waals surface area contributed by atoms with Gasteiger partial charge in [0, 0.05) is 35.8 Å². The highest BCUT2D eigenvalue weighted by Gasteiger charge is 2.14. The summed E-state index contributed by atoms with van der Waals surface area (Å²) in [5.74, 6) is 0.155. The number of carbonyl (C=O) groups is 2. The SMILES string of the molecule is CCCCN(C)C(=O)c1ccc(C(=O)Nc2cc(C)c(Cl)cc2OC)cc1. The number of aryl methyl sites for hydroxylation is 1. The molecule has 0 aromatic heterocycles. The van der Waals surface area contributed by atoms with Crippen LogP contribution in [0, 0.1) is 6.92 Å². The molecular weight excluding hydrogens is 364 g/mol. The van der Waals surface area contributed by atoms with E-state index >= 15 is 0 Å². The monoisotopic (exact) mass is 388 g/mol. The van der Waals surface area contributed by atoms with Crippen molar-refractivity contribution in [2.75, 3.05) is 26.0 Å². The number of halogens is 1. The summed E-state index contributed by atoms with van der Waals surface area (Å²) in [7, 11) is 3.31. The lowest BCUT2D eigenvalue weighted by atomic mass is 10.1. The van der Waals surface area contributed by atoms with Crippen LogP contribution < -0.4 is 10.1 Å². The van der Waals surface area contributed by atoms with Gasteiger partial charge in [0.15, 0.2) is 0 Å². The van der Waals surface area contributed by atoms with Gasteiger partial charge in [-0.15, -0.1) is 0 Å². The summed E-state index contributed by atoms with van der Waals surface area (Å²) < 4.78 is 5.28. The van der Waals surface area contributed by atoms with Gasteiger partial charge in [0.25, 0.3) is 11.8 Å². The number of rotatable bonds is 7. The number of hydrogen-bond donors (Lipinski definition) is 1. The minimum absolute atomic E-state index is 0.0506. The summed E-state index contributed by atoms with van der Waals surface area (Å²) in [5.41, 5.74) is 2.40. The highest BCUT2D eigenvalue weighted by Crippen LogP contribution is 2.31. The lowest BCUT2D eigenvalue weighted by Crippen LogP contribution is -2.27. The summed E-state index contributed by atoms with van der Waals surface area (Å²) in [4.78, 5) is 26.6. The van der Waals surface area contributed by atoms with Crippen LogP contribution in [-0.4, -0.2) is 37.4 Å². The second-order valence-corrected chi connectivity index (χ2v) is 6.82. The Hall–Kier alpha value is -2.53. The largest absolute Gasteiger partial charge is 0.495 e. The fourth-order valence-corrected chi connectivity index (χ4v) is 2.76. The molecule has 0 unspecified atom stereocenters. The molecule has 2 amide bonds. The van der Waals surface area contributed by atoms with E-state index in [4.69, 9.17) is 16.3 Å². The van der Waals surface area contributed by atoms with E-state index in [0.29, 0.717) is 34.1 Å². The van der Waals surface area contributed by atoms with E-state index in [1.165, 1.54) is 7.11 Å². The van der Waals surface area contributed by atoms with Gasteiger partial charge in [-0.3, -0.25) is 9.59 Å². The van der Waals surface area contributed by atoms with Gasteiger partial charge >= 0.3 is 0 Å². The zero-order valence-corrected chi connectivity index (χ0v) is 16.9. The zero-order chi connectivity index (χ0) is 20.0. The maximum absolute atomic E-state index is 12.5. The van der Waals surface area contributed by atoms with Crippen molar-refractivity contribution in [3.63, 3.8) is 0 Å². The molecule has 0 aliphatic rings. The summed E-state index contributed by atoms with van der Waals surface area (Å²) in [6.07, 6.45) is 2.00. The van der Waals surface area contributed by atoms with Gasteiger partial charge in [0.1, 0.15) is 5.75 Å². The Labute approximate surface area is 165 Å². The van der Waals surface area contributed by atoms with Crippen molar-refractivity contribution in [1.29, 1.82) is 0 Å². The number of anilines is 1. The van der Waals surface area contributed by atoms with Crippen LogP contribution in [0.5, 0.6) is 5.75 Å². The molecule has 144 valence electrons. The predicted octanol–water partition coefficient (Wildman–Crippen LogP) is 4.78. The van der Waals surface area contributed by atoms with Crippen molar-refractivity contribution in [3.05, 3.63) is 58.1 Å². The second-order valence-electron chi connectivity index (χ2n) is 6.41. The van der Waals surface area contributed by atoms with Crippen LogP contribution in [0.1, 0.15) is 46.0 Å². The lowest BCUT2D eigenvalue weighted by molar-refractivity contribution is 0.0792. The highest BCUT2D eigenvalue weighted by atomic mass is 35.5. The number of ether oxygens (including phenoxy) is 1. The topological polar surface area (TPSA) is 58.6 Å². The first-order valence-electron chi connectivity index (χ1n) is 8.88. The van der Waals surface area contributed by atoms with Crippen LogP contribution in [0.15, 0.2) is 36.4 Å². The van der Waals surface area contributed by atoms with Crippen molar-refractivity contribution in [2.45, 2.75) is 26.7 Å². The third-order valence-electron chi connectivity index (χ3n) is 4.32. The van der Waals surface area contributed by atoms with Gasteiger partial charge in [-0.2, -0.15) is 0 Å². The number of nitrogens with one attached hydrogen (secondary N) is 1. The average Bonchev–Trinajstić information content (AvgIpc) is 2.68. The molecule has 1 N–H and O–H groups in total. The Bertz CT molecular complexity index is 819. The minimum atomic E-state index is -0.284. The summed E-state index contributed by atoms with van der Waals surface area (Å²) >= 11 is 6.09. The summed E-state index contributed by atoms with van der Waals surface area (Å²) in [5, 5.41) is 3.40. The Morgan fingerprint density at radius 1 is 1.15 bits per heavy atom. The van der Waals surface area contributed by atoms with Crippen molar-refractivity contribution >= 4 is 29.1 Å². The van der Waals surface area contributed by atoms with E-state index in [-0.39, 0.29) is 11.8 Å². The number of benzene rings is 2. The number of amides is 2. The van der Waals surface area contributed by atoms with Gasteiger partial charge in [0.05, 0.1) is 12.8 Å². The third-order valence-corrected chi connectivity index (χ3v) is 4.72. The average molecular weight is 389 g/mol. The molecule has 0 atom stereocenters. The molecule has 0 saturated heterocycles. The van der Waals surface area contributed by atoms with Gasteiger partial charge in [0.2, 0.25) is 0 Å². The molecule has 0 radical (unpaired) electrons. The van der Waals surface area contributed by atoms with E-state index in [9.17, 15) is 9.59 Å². The Kier molecular flexibility index (Phi) is 7.25. The molecule has 0 spiro atoms. The first kappa shape index (κ1) is 20.8. The lowest BCUT2D eigenvalue weighted by Gasteiger charge is -2.17. The van der Waals surface area contributed by atoms with E-state index < -0.39 is 0 Å². The first-order valence-corrected chi connectivity index (χ1v) is 9.26. The second kappa shape index (κ2) is 9.42. The number of unbranched alkanes of at least 4 members (excludes halogenated alkanes) is 1. The smallest absolute Gasteiger partial charge is 0.255 e. The van der Waals surface area contributed by atoms with Crippen LogP contribution in [-0.2, 0) is 0 Å². The Morgan fingerprint density at radius 2 is 1.78 bits per heavy atom. The van der Waals surface area contributed by atoms with E-state index in [2.05, 4.69) is 12.2 Å². The Morgan fingerprint density at radius 3 is 2.37 bits per heavy atom. The molecule has 2 aromatic carbocycles. The number of methoxy groups -OCH3 is 1. The van der Waals surface area contributed by atoms with E-state index in [1.54, 1.807) is 48.3 Å². The summed E-state index contributed by atoms with van der Waals surface area (Å²) in [6, 6.07) is 10.1. The van der Waals surface area contributed by atoms with E-state index in [0.717, 1.165) is 18.4 Å². The zero-order valence-electron chi connectivity index (χ0n) is 16.1. The van der Waals surface area contributed by atoms with Crippen LogP contribution >= 0.6 is 11.6 Å². The molecule has 0 aliphatic carbocycles. The molecule has 5 nitrogen and oxygen atoms in total. The number of hydrogen-bond acceptors (Lipinski definition) is 3. The Balaban J connectivity index is 2.12. The van der Waals surface area contributed by atoms with Gasteiger partial charge in [-0.25, -0.2) is 0 Å². The van der Waals surface area contributed by atoms with Crippen LogP contribution in [0.25, 0.3) is 0 Å². The van der Waals surface area contributed by atoms with Crippen LogP contribution in [0.2, 0.25) is 5.02 Å². The maximum atomic E-state index is 12.5. The fourth-order valence-electron chi connectivity index (χ4n) is 2.61. The quantitative estimate of drug-likeness (QED) is 0.742. The minimum Gasteiger partial charge on any atom is -0.495 e. The molecule has 6 heteroatoms.